The zero-order chi connectivity index (χ0) is 10.8. The van der Waals surface area contributed by atoms with Crippen LogP contribution in [0.15, 0.2) is 24.3 Å². The molecule has 0 aliphatic heterocycles. The molecule has 1 aliphatic carbocycles. The lowest BCUT2D eigenvalue weighted by molar-refractivity contribution is 0.400. The van der Waals surface area contributed by atoms with Gasteiger partial charge in [-0.15, -0.1) is 0 Å². The van der Waals surface area contributed by atoms with Gasteiger partial charge in [-0.25, -0.2) is 0 Å². The van der Waals surface area contributed by atoms with Crippen molar-refractivity contribution in [2.75, 3.05) is 11.9 Å². The second-order valence-electron chi connectivity index (χ2n) is 4.54. The van der Waals surface area contributed by atoms with E-state index in [-0.39, 0.29) is 6.04 Å². The van der Waals surface area contributed by atoms with Crippen LogP contribution in [0.5, 0.6) is 0 Å². The van der Waals surface area contributed by atoms with Crippen LogP contribution in [0.25, 0.3) is 0 Å². The van der Waals surface area contributed by atoms with Crippen LogP contribution in [-0.4, -0.2) is 13.1 Å². The highest BCUT2D eigenvalue weighted by Gasteiger charge is 2.23. The summed E-state index contributed by atoms with van der Waals surface area (Å²) in [5.74, 6) is 0. The van der Waals surface area contributed by atoms with E-state index in [0.717, 1.165) is 6.04 Å². The standard InChI is InChI=1S/C13H20N2/c1-10(14)12-8-3-4-9-13(12)15(2)11-6-5-7-11/h3-4,8-11H,5-7,14H2,1-2H3. The van der Waals surface area contributed by atoms with E-state index in [9.17, 15) is 0 Å². The molecule has 1 saturated carbocycles. The molecule has 0 spiro atoms. The first-order chi connectivity index (χ1) is 7.20. The molecule has 0 radical (unpaired) electrons. The number of rotatable bonds is 3. The topological polar surface area (TPSA) is 29.3 Å². The average Bonchev–Trinajstić information content (AvgIpc) is 2.15. The predicted molar refractivity (Wildman–Crippen MR) is 65.1 cm³/mol. The largest absolute Gasteiger partial charge is 0.371 e. The highest BCUT2D eigenvalue weighted by molar-refractivity contribution is 5.55. The summed E-state index contributed by atoms with van der Waals surface area (Å²) in [7, 11) is 2.19. The fourth-order valence-corrected chi connectivity index (χ4v) is 2.16. The normalized spacial score (nSPS) is 18.3. The Hall–Kier alpha value is -1.02. The molecule has 82 valence electrons. The van der Waals surface area contributed by atoms with E-state index in [1.165, 1.54) is 30.5 Å². The molecule has 2 N–H and O–H groups in total. The van der Waals surface area contributed by atoms with Gasteiger partial charge in [0, 0.05) is 24.8 Å². The summed E-state index contributed by atoms with van der Waals surface area (Å²) in [6.07, 6.45) is 4.02. The average molecular weight is 204 g/mol. The molecule has 2 nitrogen and oxygen atoms in total. The molecule has 1 aromatic carbocycles. The van der Waals surface area contributed by atoms with Gasteiger partial charge >= 0.3 is 0 Å². The van der Waals surface area contributed by atoms with Crippen LogP contribution in [-0.2, 0) is 0 Å². The van der Waals surface area contributed by atoms with Crippen LogP contribution in [0, 0.1) is 0 Å². The van der Waals surface area contributed by atoms with Crippen molar-refractivity contribution in [3.8, 4) is 0 Å². The third-order valence-corrected chi connectivity index (χ3v) is 3.43. The number of anilines is 1. The Morgan fingerprint density at radius 2 is 2.00 bits per heavy atom. The lowest BCUT2D eigenvalue weighted by Gasteiger charge is -2.37. The third kappa shape index (κ3) is 2.00. The molecule has 0 aromatic heterocycles. The molecule has 0 saturated heterocycles. The quantitative estimate of drug-likeness (QED) is 0.820. The summed E-state index contributed by atoms with van der Waals surface area (Å²) in [6, 6.07) is 9.31. The van der Waals surface area contributed by atoms with Crippen molar-refractivity contribution >= 4 is 5.69 Å². The van der Waals surface area contributed by atoms with Crippen LogP contribution < -0.4 is 10.6 Å². The monoisotopic (exact) mass is 204 g/mol. The molecule has 1 unspecified atom stereocenters. The molecule has 1 fully saturated rings. The van der Waals surface area contributed by atoms with E-state index in [2.05, 4.69) is 36.2 Å². The van der Waals surface area contributed by atoms with Crippen LogP contribution in [0.3, 0.4) is 0 Å². The SMILES string of the molecule is CC(N)c1ccccc1N(C)C1CCC1. The maximum absolute atomic E-state index is 5.99. The minimum Gasteiger partial charge on any atom is -0.371 e. The summed E-state index contributed by atoms with van der Waals surface area (Å²) >= 11 is 0. The van der Waals surface area contributed by atoms with Crippen LogP contribution in [0.4, 0.5) is 5.69 Å². The minimum atomic E-state index is 0.115. The zero-order valence-corrected chi connectivity index (χ0v) is 9.61. The zero-order valence-electron chi connectivity index (χ0n) is 9.61. The van der Waals surface area contributed by atoms with Crippen molar-refractivity contribution in [3.05, 3.63) is 29.8 Å². The number of hydrogen-bond acceptors (Lipinski definition) is 2. The minimum absolute atomic E-state index is 0.115. The number of para-hydroxylation sites is 1. The number of benzene rings is 1. The molecular formula is C13H20N2. The van der Waals surface area contributed by atoms with Crippen molar-refractivity contribution in [1.82, 2.24) is 0 Å². The summed E-state index contributed by atoms with van der Waals surface area (Å²) < 4.78 is 0. The van der Waals surface area contributed by atoms with Gasteiger partial charge < -0.3 is 10.6 Å². The molecule has 1 atom stereocenters. The molecule has 2 heteroatoms. The van der Waals surface area contributed by atoms with Gasteiger partial charge in [-0.3, -0.25) is 0 Å². The summed E-state index contributed by atoms with van der Waals surface area (Å²) in [5.41, 5.74) is 8.54. The third-order valence-electron chi connectivity index (χ3n) is 3.43. The fourth-order valence-electron chi connectivity index (χ4n) is 2.16. The number of hydrogen-bond donors (Lipinski definition) is 1. The van der Waals surface area contributed by atoms with Gasteiger partial charge in [-0.05, 0) is 37.8 Å². The van der Waals surface area contributed by atoms with Crippen LogP contribution in [0.1, 0.15) is 37.8 Å². The van der Waals surface area contributed by atoms with Crippen LogP contribution in [0.2, 0.25) is 0 Å². The van der Waals surface area contributed by atoms with Gasteiger partial charge in [0.25, 0.3) is 0 Å². The van der Waals surface area contributed by atoms with Gasteiger partial charge in [0.05, 0.1) is 0 Å². The molecule has 1 aromatic rings. The molecule has 2 rings (SSSR count). The first kappa shape index (κ1) is 10.5. The lowest BCUT2D eigenvalue weighted by Crippen LogP contribution is -2.37. The van der Waals surface area contributed by atoms with E-state index in [0.29, 0.717) is 0 Å². The van der Waals surface area contributed by atoms with Crippen molar-refractivity contribution in [3.63, 3.8) is 0 Å². The fraction of sp³-hybridized carbons (Fsp3) is 0.538. The maximum atomic E-state index is 5.99. The van der Waals surface area contributed by atoms with Gasteiger partial charge in [-0.2, -0.15) is 0 Å². The second-order valence-corrected chi connectivity index (χ2v) is 4.54. The first-order valence-corrected chi connectivity index (χ1v) is 5.77. The Bertz CT molecular complexity index is 329. The Kier molecular flexibility index (Phi) is 2.96. The Labute approximate surface area is 92.1 Å². The van der Waals surface area contributed by atoms with Crippen molar-refractivity contribution in [1.29, 1.82) is 0 Å². The van der Waals surface area contributed by atoms with Crippen molar-refractivity contribution in [2.45, 2.75) is 38.3 Å². The number of nitrogens with two attached hydrogens (primary N) is 1. The van der Waals surface area contributed by atoms with E-state index < -0.39 is 0 Å². The smallest absolute Gasteiger partial charge is 0.0414 e. The lowest BCUT2D eigenvalue weighted by atomic mass is 9.90. The first-order valence-electron chi connectivity index (χ1n) is 5.77. The van der Waals surface area contributed by atoms with Gasteiger partial charge in [0.2, 0.25) is 0 Å². The summed E-state index contributed by atoms with van der Waals surface area (Å²) in [6.45, 7) is 2.05. The Morgan fingerprint density at radius 1 is 1.33 bits per heavy atom. The van der Waals surface area contributed by atoms with E-state index in [1.807, 2.05) is 6.92 Å². The summed E-state index contributed by atoms with van der Waals surface area (Å²) in [4.78, 5) is 2.39. The van der Waals surface area contributed by atoms with E-state index in [4.69, 9.17) is 5.73 Å². The van der Waals surface area contributed by atoms with Gasteiger partial charge in [0.1, 0.15) is 0 Å². The van der Waals surface area contributed by atoms with Gasteiger partial charge in [0.15, 0.2) is 0 Å². The molecule has 1 aliphatic rings. The van der Waals surface area contributed by atoms with Crippen molar-refractivity contribution in [2.24, 2.45) is 5.73 Å². The van der Waals surface area contributed by atoms with Crippen LogP contribution >= 0.6 is 0 Å². The predicted octanol–water partition coefficient (Wildman–Crippen LogP) is 2.70. The maximum Gasteiger partial charge on any atom is 0.0414 e. The Balaban J connectivity index is 2.25. The second kappa shape index (κ2) is 4.23. The molecule has 0 bridgehead atoms. The van der Waals surface area contributed by atoms with E-state index >= 15 is 0 Å². The Morgan fingerprint density at radius 3 is 2.53 bits per heavy atom. The highest BCUT2D eigenvalue weighted by Crippen LogP contribution is 2.31. The molecule has 0 amide bonds. The summed E-state index contributed by atoms with van der Waals surface area (Å²) in [5, 5.41) is 0. The molecular weight excluding hydrogens is 184 g/mol. The number of nitrogens with zero attached hydrogens (tertiary/aromatic N) is 1. The van der Waals surface area contributed by atoms with E-state index in [1.54, 1.807) is 0 Å². The van der Waals surface area contributed by atoms with Crippen molar-refractivity contribution < 1.29 is 0 Å². The molecule has 0 heterocycles. The van der Waals surface area contributed by atoms with Gasteiger partial charge in [-0.1, -0.05) is 18.2 Å². The highest BCUT2D eigenvalue weighted by atomic mass is 15.1. The molecule has 15 heavy (non-hydrogen) atoms.